The summed E-state index contributed by atoms with van der Waals surface area (Å²) in [6.07, 6.45) is 1.75. The third-order valence-electron chi connectivity index (χ3n) is 3.14. The van der Waals surface area contributed by atoms with E-state index in [1.807, 2.05) is 48.5 Å². The average Bonchev–Trinajstić information content (AvgIpc) is 2.87. The van der Waals surface area contributed by atoms with Gasteiger partial charge in [0.25, 0.3) is 5.91 Å². The van der Waals surface area contributed by atoms with Crippen LogP contribution in [0.2, 0.25) is 0 Å². The highest BCUT2D eigenvalue weighted by atomic mass is 32.2. The van der Waals surface area contributed by atoms with Crippen molar-refractivity contribution < 1.29 is 14.3 Å². The molecular formula is C17H14N2O3S. The first-order valence-corrected chi connectivity index (χ1v) is 7.67. The SMILES string of the molecule is COc1ccc(Oc2ccc(C=C3SC(=N)NC3=O)cc2)cc1. The highest BCUT2D eigenvalue weighted by Crippen LogP contribution is 2.27. The Bertz CT molecular complexity index is 767. The lowest BCUT2D eigenvalue weighted by molar-refractivity contribution is -0.115. The lowest BCUT2D eigenvalue weighted by Gasteiger charge is -2.07. The van der Waals surface area contributed by atoms with Gasteiger partial charge < -0.3 is 14.8 Å². The number of nitrogens with one attached hydrogen (secondary N) is 2. The van der Waals surface area contributed by atoms with Gasteiger partial charge in [-0.25, -0.2) is 0 Å². The summed E-state index contributed by atoms with van der Waals surface area (Å²) >= 11 is 1.12. The molecule has 1 aliphatic heterocycles. The highest BCUT2D eigenvalue weighted by molar-refractivity contribution is 8.18. The smallest absolute Gasteiger partial charge is 0.264 e. The summed E-state index contributed by atoms with van der Waals surface area (Å²) in [6.45, 7) is 0. The second-order valence-electron chi connectivity index (χ2n) is 4.74. The van der Waals surface area contributed by atoms with Crippen molar-refractivity contribution >= 4 is 28.9 Å². The molecule has 1 aliphatic rings. The van der Waals surface area contributed by atoms with Gasteiger partial charge in [-0.1, -0.05) is 12.1 Å². The monoisotopic (exact) mass is 326 g/mol. The van der Waals surface area contributed by atoms with E-state index in [1.54, 1.807) is 13.2 Å². The first kappa shape index (κ1) is 15.2. The largest absolute Gasteiger partial charge is 0.497 e. The first-order chi connectivity index (χ1) is 11.1. The maximum Gasteiger partial charge on any atom is 0.264 e. The van der Waals surface area contributed by atoms with E-state index in [1.165, 1.54) is 0 Å². The van der Waals surface area contributed by atoms with Gasteiger partial charge in [-0.3, -0.25) is 10.2 Å². The molecule has 1 saturated heterocycles. The van der Waals surface area contributed by atoms with Crippen LogP contribution in [0, 0.1) is 5.41 Å². The van der Waals surface area contributed by atoms with Gasteiger partial charge in [0, 0.05) is 0 Å². The molecule has 0 spiro atoms. The van der Waals surface area contributed by atoms with Crippen molar-refractivity contribution in [2.24, 2.45) is 0 Å². The minimum absolute atomic E-state index is 0.153. The van der Waals surface area contributed by atoms with Crippen molar-refractivity contribution in [3.05, 3.63) is 59.0 Å². The van der Waals surface area contributed by atoms with Crippen LogP contribution in [0.15, 0.2) is 53.4 Å². The lowest BCUT2D eigenvalue weighted by atomic mass is 10.2. The lowest BCUT2D eigenvalue weighted by Crippen LogP contribution is -2.18. The fourth-order valence-corrected chi connectivity index (χ4v) is 2.71. The van der Waals surface area contributed by atoms with Crippen molar-refractivity contribution in [3.63, 3.8) is 0 Å². The molecule has 2 aromatic rings. The van der Waals surface area contributed by atoms with E-state index in [0.717, 1.165) is 28.8 Å². The molecule has 0 saturated carbocycles. The van der Waals surface area contributed by atoms with Crippen LogP contribution < -0.4 is 14.8 Å². The van der Waals surface area contributed by atoms with Crippen LogP contribution in [0.25, 0.3) is 6.08 Å². The number of carbonyl (C=O) groups is 1. The Labute approximate surface area is 137 Å². The Morgan fingerprint density at radius 2 is 1.57 bits per heavy atom. The predicted octanol–water partition coefficient (Wildman–Crippen LogP) is 3.63. The molecular weight excluding hydrogens is 312 g/mol. The molecule has 0 atom stereocenters. The molecule has 116 valence electrons. The zero-order chi connectivity index (χ0) is 16.2. The number of hydrogen-bond acceptors (Lipinski definition) is 5. The van der Waals surface area contributed by atoms with E-state index in [2.05, 4.69) is 5.32 Å². The van der Waals surface area contributed by atoms with Crippen molar-refractivity contribution in [1.82, 2.24) is 5.32 Å². The van der Waals surface area contributed by atoms with Crippen LogP contribution in [0.1, 0.15) is 5.56 Å². The zero-order valence-corrected chi connectivity index (χ0v) is 13.1. The minimum Gasteiger partial charge on any atom is -0.497 e. The number of amides is 1. The van der Waals surface area contributed by atoms with Crippen LogP contribution in [0.3, 0.4) is 0 Å². The van der Waals surface area contributed by atoms with Crippen molar-refractivity contribution in [3.8, 4) is 17.2 Å². The molecule has 6 heteroatoms. The first-order valence-electron chi connectivity index (χ1n) is 6.85. The molecule has 3 rings (SSSR count). The average molecular weight is 326 g/mol. The third kappa shape index (κ3) is 3.73. The van der Waals surface area contributed by atoms with E-state index >= 15 is 0 Å². The maximum absolute atomic E-state index is 11.6. The Balaban J connectivity index is 1.70. The highest BCUT2D eigenvalue weighted by Gasteiger charge is 2.21. The Kier molecular flexibility index (Phi) is 4.34. The summed E-state index contributed by atoms with van der Waals surface area (Å²) in [5.74, 6) is 1.96. The van der Waals surface area contributed by atoms with E-state index in [4.69, 9.17) is 14.9 Å². The summed E-state index contributed by atoms with van der Waals surface area (Å²) in [6, 6.07) is 14.7. The third-order valence-corrected chi connectivity index (χ3v) is 3.97. The summed E-state index contributed by atoms with van der Waals surface area (Å²) in [5, 5.41) is 10.0. The standard InChI is InChI=1S/C17H14N2O3S/c1-21-12-6-8-14(9-7-12)22-13-4-2-11(3-5-13)10-15-16(20)19-17(18)23-15/h2-10H,1H3,(H2,18,19,20). The van der Waals surface area contributed by atoms with Gasteiger partial charge in [0.15, 0.2) is 5.17 Å². The molecule has 0 radical (unpaired) electrons. The van der Waals surface area contributed by atoms with E-state index in [0.29, 0.717) is 10.7 Å². The van der Waals surface area contributed by atoms with Gasteiger partial charge in [-0.05, 0) is 59.8 Å². The molecule has 1 amide bonds. The number of hydrogen-bond donors (Lipinski definition) is 2. The van der Waals surface area contributed by atoms with Crippen LogP contribution >= 0.6 is 11.8 Å². The number of methoxy groups -OCH3 is 1. The fourth-order valence-electron chi connectivity index (χ4n) is 2.00. The van der Waals surface area contributed by atoms with Gasteiger partial charge >= 0.3 is 0 Å². The number of benzene rings is 2. The minimum atomic E-state index is -0.237. The van der Waals surface area contributed by atoms with Crippen LogP contribution in [-0.2, 0) is 4.79 Å². The van der Waals surface area contributed by atoms with Gasteiger partial charge in [-0.2, -0.15) is 0 Å². The van der Waals surface area contributed by atoms with Crippen molar-refractivity contribution in [2.75, 3.05) is 7.11 Å². The second-order valence-corrected chi connectivity index (χ2v) is 5.79. The van der Waals surface area contributed by atoms with Crippen LogP contribution in [0.4, 0.5) is 0 Å². The number of rotatable bonds is 4. The molecule has 1 fully saturated rings. The number of ether oxygens (including phenoxy) is 2. The molecule has 1 heterocycles. The van der Waals surface area contributed by atoms with Crippen LogP contribution in [-0.4, -0.2) is 18.2 Å². The summed E-state index contributed by atoms with van der Waals surface area (Å²) in [5.41, 5.74) is 0.874. The Morgan fingerprint density at radius 1 is 1.00 bits per heavy atom. The Hall–Kier alpha value is -2.73. The van der Waals surface area contributed by atoms with Crippen molar-refractivity contribution in [2.45, 2.75) is 0 Å². The van der Waals surface area contributed by atoms with E-state index in [-0.39, 0.29) is 11.1 Å². The molecule has 0 aromatic heterocycles. The maximum atomic E-state index is 11.6. The number of carbonyl (C=O) groups excluding carboxylic acids is 1. The molecule has 0 bridgehead atoms. The van der Waals surface area contributed by atoms with Gasteiger partial charge in [0.2, 0.25) is 0 Å². The van der Waals surface area contributed by atoms with Gasteiger partial charge in [0.1, 0.15) is 17.2 Å². The zero-order valence-electron chi connectivity index (χ0n) is 12.3. The van der Waals surface area contributed by atoms with E-state index in [9.17, 15) is 4.79 Å². The molecule has 23 heavy (non-hydrogen) atoms. The van der Waals surface area contributed by atoms with E-state index < -0.39 is 0 Å². The van der Waals surface area contributed by atoms with Crippen LogP contribution in [0.5, 0.6) is 17.2 Å². The molecule has 5 nitrogen and oxygen atoms in total. The molecule has 2 N–H and O–H groups in total. The molecule has 0 aliphatic carbocycles. The summed E-state index contributed by atoms with van der Waals surface area (Å²) < 4.78 is 10.8. The fraction of sp³-hybridized carbons (Fsp3) is 0.0588. The molecule has 2 aromatic carbocycles. The normalized spacial score (nSPS) is 15.6. The topological polar surface area (TPSA) is 71.4 Å². The summed E-state index contributed by atoms with van der Waals surface area (Å²) in [4.78, 5) is 12.1. The molecule has 0 unspecified atom stereocenters. The number of thioether (sulfide) groups is 1. The van der Waals surface area contributed by atoms with Gasteiger partial charge in [-0.15, -0.1) is 0 Å². The second kappa shape index (κ2) is 6.58. The van der Waals surface area contributed by atoms with Crippen molar-refractivity contribution in [1.29, 1.82) is 5.41 Å². The van der Waals surface area contributed by atoms with Gasteiger partial charge in [0.05, 0.1) is 12.0 Å². The predicted molar refractivity (Wildman–Crippen MR) is 90.9 cm³/mol. The quantitative estimate of drug-likeness (QED) is 0.842. The Morgan fingerprint density at radius 3 is 2.09 bits per heavy atom. The number of amidine groups is 1. The summed E-state index contributed by atoms with van der Waals surface area (Å²) in [7, 11) is 1.62.